The second-order valence-corrected chi connectivity index (χ2v) is 7.93. The highest BCUT2D eigenvalue weighted by molar-refractivity contribution is 8.18. The summed E-state index contributed by atoms with van der Waals surface area (Å²) in [5.41, 5.74) is 3.13. The van der Waals surface area contributed by atoms with Crippen LogP contribution < -0.4 is 4.90 Å². The summed E-state index contributed by atoms with van der Waals surface area (Å²) in [5.74, 6) is -0.294. The maximum absolute atomic E-state index is 12.3. The van der Waals surface area contributed by atoms with E-state index < -0.39 is 4.92 Å². The van der Waals surface area contributed by atoms with Crippen molar-refractivity contribution in [1.29, 1.82) is 0 Å². The molecular weight excluding hydrogens is 388 g/mol. The SMILES string of the molecule is Cc1ccccc1N1CCN(C2=NC(=O)C(=Cc3cccc([N+](=O)[O-])c3)S2)CC1. The molecule has 1 amide bonds. The van der Waals surface area contributed by atoms with E-state index in [0.29, 0.717) is 15.6 Å². The van der Waals surface area contributed by atoms with Crippen molar-refractivity contribution < 1.29 is 9.72 Å². The lowest BCUT2D eigenvalue weighted by Crippen LogP contribution is -2.48. The third kappa shape index (κ3) is 4.17. The van der Waals surface area contributed by atoms with Crippen LogP contribution in [0.2, 0.25) is 0 Å². The van der Waals surface area contributed by atoms with Crippen LogP contribution in [0.1, 0.15) is 11.1 Å². The molecule has 0 aliphatic carbocycles. The van der Waals surface area contributed by atoms with Crippen molar-refractivity contribution in [1.82, 2.24) is 4.90 Å². The maximum atomic E-state index is 12.3. The lowest BCUT2D eigenvalue weighted by molar-refractivity contribution is -0.384. The number of thioether (sulfide) groups is 1. The molecule has 4 rings (SSSR count). The number of benzene rings is 2. The van der Waals surface area contributed by atoms with Crippen LogP contribution in [0.4, 0.5) is 11.4 Å². The smallest absolute Gasteiger partial charge is 0.286 e. The van der Waals surface area contributed by atoms with E-state index in [1.54, 1.807) is 18.2 Å². The third-order valence-corrected chi connectivity index (χ3v) is 6.04. The van der Waals surface area contributed by atoms with Gasteiger partial charge in [-0.15, -0.1) is 0 Å². The molecule has 2 heterocycles. The fourth-order valence-electron chi connectivity index (χ4n) is 3.47. The molecule has 2 aliphatic rings. The number of para-hydroxylation sites is 1. The van der Waals surface area contributed by atoms with E-state index >= 15 is 0 Å². The van der Waals surface area contributed by atoms with Crippen LogP contribution in [0.3, 0.4) is 0 Å². The number of nitro benzene ring substituents is 1. The summed E-state index contributed by atoms with van der Waals surface area (Å²) in [7, 11) is 0. The molecule has 29 heavy (non-hydrogen) atoms. The first kappa shape index (κ1) is 19.2. The minimum atomic E-state index is -0.443. The van der Waals surface area contributed by atoms with Crippen molar-refractivity contribution in [3.8, 4) is 0 Å². The highest BCUT2D eigenvalue weighted by Crippen LogP contribution is 2.31. The number of piperazine rings is 1. The van der Waals surface area contributed by atoms with E-state index in [1.807, 2.05) is 6.07 Å². The first-order chi connectivity index (χ1) is 14.0. The number of aryl methyl sites for hydroxylation is 1. The number of hydrogen-bond acceptors (Lipinski definition) is 6. The Bertz CT molecular complexity index is 1030. The van der Waals surface area contributed by atoms with Gasteiger partial charge in [0, 0.05) is 44.0 Å². The number of hydrogen-bond donors (Lipinski definition) is 0. The van der Waals surface area contributed by atoms with Crippen LogP contribution in [0.5, 0.6) is 0 Å². The summed E-state index contributed by atoms with van der Waals surface area (Å²) in [4.78, 5) is 32.0. The van der Waals surface area contributed by atoms with E-state index in [2.05, 4.69) is 39.9 Å². The largest absolute Gasteiger partial charge is 0.368 e. The molecule has 1 saturated heterocycles. The topological polar surface area (TPSA) is 79.0 Å². The molecule has 0 saturated carbocycles. The number of anilines is 1. The van der Waals surface area contributed by atoms with E-state index in [0.717, 1.165) is 26.2 Å². The molecular formula is C21H20N4O3S. The normalized spacial score (nSPS) is 18.3. The van der Waals surface area contributed by atoms with Gasteiger partial charge in [0.2, 0.25) is 0 Å². The summed E-state index contributed by atoms with van der Waals surface area (Å²) >= 11 is 1.33. The first-order valence-corrected chi connectivity index (χ1v) is 10.2. The second-order valence-electron chi connectivity index (χ2n) is 6.92. The van der Waals surface area contributed by atoms with Gasteiger partial charge in [0.05, 0.1) is 9.83 Å². The van der Waals surface area contributed by atoms with Crippen molar-refractivity contribution in [2.24, 2.45) is 4.99 Å². The molecule has 0 aromatic heterocycles. The Morgan fingerprint density at radius 3 is 2.52 bits per heavy atom. The zero-order valence-electron chi connectivity index (χ0n) is 15.9. The fourth-order valence-corrected chi connectivity index (χ4v) is 4.43. The molecule has 7 nitrogen and oxygen atoms in total. The Labute approximate surface area is 172 Å². The monoisotopic (exact) mass is 408 g/mol. The van der Waals surface area contributed by atoms with E-state index in [9.17, 15) is 14.9 Å². The molecule has 2 aromatic rings. The first-order valence-electron chi connectivity index (χ1n) is 9.34. The van der Waals surface area contributed by atoms with Crippen LogP contribution in [0.15, 0.2) is 58.4 Å². The number of non-ortho nitro benzene ring substituents is 1. The van der Waals surface area contributed by atoms with E-state index in [1.165, 1.54) is 35.1 Å². The molecule has 0 radical (unpaired) electrons. The van der Waals surface area contributed by atoms with Gasteiger partial charge in [-0.2, -0.15) is 4.99 Å². The van der Waals surface area contributed by atoms with Crippen molar-refractivity contribution in [2.75, 3.05) is 31.1 Å². The zero-order chi connectivity index (χ0) is 20.4. The molecule has 8 heteroatoms. The highest BCUT2D eigenvalue weighted by atomic mass is 32.2. The van der Waals surface area contributed by atoms with E-state index in [-0.39, 0.29) is 11.6 Å². The van der Waals surface area contributed by atoms with Gasteiger partial charge < -0.3 is 9.80 Å². The van der Waals surface area contributed by atoms with E-state index in [4.69, 9.17) is 0 Å². The molecule has 0 spiro atoms. The molecule has 0 atom stereocenters. The zero-order valence-corrected chi connectivity index (χ0v) is 16.8. The summed E-state index contributed by atoms with van der Waals surface area (Å²) in [5, 5.41) is 11.6. The summed E-state index contributed by atoms with van der Waals surface area (Å²) in [6, 6.07) is 14.6. The minimum absolute atomic E-state index is 0.00302. The molecule has 2 aliphatic heterocycles. The lowest BCUT2D eigenvalue weighted by Gasteiger charge is -2.37. The number of amidine groups is 1. The van der Waals surface area contributed by atoms with Crippen LogP contribution in [0.25, 0.3) is 6.08 Å². The summed E-state index contributed by atoms with van der Waals surface area (Å²) in [6.45, 7) is 5.42. The number of carbonyl (C=O) groups is 1. The lowest BCUT2D eigenvalue weighted by atomic mass is 10.1. The third-order valence-electron chi connectivity index (χ3n) is 4.99. The number of rotatable bonds is 3. The Hall–Kier alpha value is -3.13. The van der Waals surface area contributed by atoms with Crippen molar-refractivity contribution in [2.45, 2.75) is 6.92 Å². The average molecular weight is 408 g/mol. The van der Waals surface area contributed by atoms with Gasteiger partial charge in [0.15, 0.2) is 5.17 Å². The van der Waals surface area contributed by atoms with Gasteiger partial charge in [-0.3, -0.25) is 14.9 Å². The Morgan fingerprint density at radius 2 is 1.79 bits per heavy atom. The fraction of sp³-hybridized carbons (Fsp3) is 0.238. The van der Waals surface area contributed by atoms with Gasteiger partial charge in [-0.1, -0.05) is 30.3 Å². The van der Waals surface area contributed by atoms with Crippen LogP contribution >= 0.6 is 11.8 Å². The van der Waals surface area contributed by atoms with Gasteiger partial charge in [0.25, 0.3) is 11.6 Å². The van der Waals surface area contributed by atoms with Gasteiger partial charge in [-0.25, -0.2) is 0 Å². The number of carbonyl (C=O) groups excluding carboxylic acids is 1. The van der Waals surface area contributed by atoms with Crippen molar-refractivity contribution in [3.05, 3.63) is 74.7 Å². The summed E-state index contributed by atoms with van der Waals surface area (Å²) in [6.07, 6.45) is 1.67. The van der Waals surface area contributed by atoms with Crippen molar-refractivity contribution in [3.63, 3.8) is 0 Å². The van der Waals surface area contributed by atoms with Gasteiger partial charge in [-0.05, 0) is 42.0 Å². The summed E-state index contributed by atoms with van der Waals surface area (Å²) < 4.78 is 0. The number of amides is 1. The van der Waals surface area contributed by atoms with Crippen molar-refractivity contribution >= 4 is 40.3 Å². The van der Waals surface area contributed by atoms with Crippen LogP contribution in [-0.4, -0.2) is 47.1 Å². The minimum Gasteiger partial charge on any atom is -0.368 e. The number of aliphatic imine (C=N–C) groups is 1. The standard InChI is InChI=1S/C21H20N4O3S/c1-15-5-2-3-8-18(15)23-9-11-24(12-10-23)21-22-20(26)19(29-21)14-16-6-4-7-17(13-16)25(27)28/h2-8,13-14H,9-12H2,1H3. The number of nitro groups is 1. The predicted octanol–water partition coefficient (Wildman–Crippen LogP) is 3.70. The maximum Gasteiger partial charge on any atom is 0.286 e. The second kappa shape index (κ2) is 8.08. The highest BCUT2D eigenvalue weighted by Gasteiger charge is 2.28. The van der Waals surface area contributed by atoms with Gasteiger partial charge >= 0.3 is 0 Å². The average Bonchev–Trinajstić information content (AvgIpc) is 3.09. The predicted molar refractivity (Wildman–Crippen MR) is 116 cm³/mol. The Morgan fingerprint density at radius 1 is 1.07 bits per heavy atom. The molecule has 0 bridgehead atoms. The van der Waals surface area contributed by atoms with Crippen LogP contribution in [0, 0.1) is 17.0 Å². The molecule has 1 fully saturated rings. The van der Waals surface area contributed by atoms with Gasteiger partial charge in [0.1, 0.15) is 0 Å². The Balaban J connectivity index is 1.42. The quantitative estimate of drug-likeness (QED) is 0.438. The molecule has 2 aromatic carbocycles. The molecule has 148 valence electrons. The Kier molecular flexibility index (Phi) is 5.35. The number of nitrogens with zero attached hydrogens (tertiary/aromatic N) is 4. The van der Waals surface area contributed by atoms with Crippen LogP contribution in [-0.2, 0) is 4.79 Å². The molecule has 0 N–H and O–H groups in total. The molecule has 0 unspecified atom stereocenters.